The number of H-pyrrole nitrogens is 1. The second kappa shape index (κ2) is 9.03. The third kappa shape index (κ3) is 3.95. The number of nitrogens with one attached hydrogen (secondary N) is 1. The maximum atomic E-state index is 5.58. The summed E-state index contributed by atoms with van der Waals surface area (Å²) in [5.41, 5.74) is 9.18. The first-order valence-electron chi connectivity index (χ1n) is 13.2. The van der Waals surface area contributed by atoms with Crippen molar-refractivity contribution < 1.29 is 4.74 Å². The molecule has 0 unspecified atom stereocenters. The topological polar surface area (TPSA) is 71.3 Å². The Morgan fingerprint density at radius 3 is 2.54 bits per heavy atom. The van der Waals surface area contributed by atoms with Crippen LogP contribution >= 0.6 is 0 Å². The van der Waals surface area contributed by atoms with Crippen molar-refractivity contribution in [2.24, 2.45) is 0 Å². The van der Waals surface area contributed by atoms with Gasteiger partial charge in [0, 0.05) is 35.7 Å². The number of hydrogen-bond donors (Lipinski definition) is 1. The lowest BCUT2D eigenvalue weighted by Gasteiger charge is -2.39. The van der Waals surface area contributed by atoms with Crippen LogP contribution in [0, 0.1) is 13.8 Å². The van der Waals surface area contributed by atoms with Crippen LogP contribution in [0.25, 0.3) is 27.9 Å². The molecule has 4 aromatic rings. The van der Waals surface area contributed by atoms with Gasteiger partial charge in [-0.3, -0.25) is 0 Å². The Kier molecular flexibility index (Phi) is 5.85. The number of fused-ring (bicyclic) bond motifs is 2. The summed E-state index contributed by atoms with van der Waals surface area (Å²) < 4.78 is 7.23. The van der Waals surface area contributed by atoms with Crippen molar-refractivity contribution in [1.82, 2.24) is 29.7 Å². The molecule has 0 radical (unpaired) electrons. The molecule has 2 aliphatic rings. The summed E-state index contributed by atoms with van der Waals surface area (Å²) in [5, 5.41) is 10.5. The van der Waals surface area contributed by atoms with Gasteiger partial charge in [0.2, 0.25) is 0 Å². The molecule has 3 aromatic heterocycles. The molecule has 5 heterocycles. The van der Waals surface area contributed by atoms with Crippen molar-refractivity contribution in [3.63, 3.8) is 0 Å². The highest BCUT2D eigenvalue weighted by Gasteiger charge is 2.28. The number of benzene rings is 1. The fourth-order valence-electron chi connectivity index (χ4n) is 6.23. The summed E-state index contributed by atoms with van der Waals surface area (Å²) in [5.74, 6) is 1.000. The van der Waals surface area contributed by atoms with E-state index in [1.807, 2.05) is 0 Å². The number of ether oxygens (including phenoxy) is 1. The van der Waals surface area contributed by atoms with Gasteiger partial charge >= 0.3 is 0 Å². The van der Waals surface area contributed by atoms with E-state index in [0.29, 0.717) is 17.9 Å². The molecule has 0 spiro atoms. The van der Waals surface area contributed by atoms with Crippen LogP contribution in [0.4, 0.5) is 0 Å². The zero-order chi connectivity index (χ0) is 24.1. The molecule has 1 aromatic carbocycles. The average Bonchev–Trinajstić information content (AvgIpc) is 3.51. The van der Waals surface area contributed by atoms with Crippen LogP contribution in [0.15, 0.2) is 24.5 Å². The summed E-state index contributed by atoms with van der Waals surface area (Å²) in [6, 6.07) is 7.79. The highest BCUT2D eigenvalue weighted by Crippen LogP contribution is 2.39. The Hall–Kier alpha value is -2.77. The van der Waals surface area contributed by atoms with Crippen molar-refractivity contribution in [2.45, 2.75) is 71.3 Å². The predicted molar refractivity (Wildman–Crippen MR) is 139 cm³/mol. The van der Waals surface area contributed by atoms with Gasteiger partial charge in [-0.25, -0.2) is 4.98 Å². The summed E-state index contributed by atoms with van der Waals surface area (Å²) in [6.45, 7) is 13.0. The number of piperidine rings is 1. The van der Waals surface area contributed by atoms with Gasteiger partial charge in [-0.15, -0.1) is 14.8 Å². The van der Waals surface area contributed by atoms with Gasteiger partial charge in [0.25, 0.3) is 0 Å². The van der Waals surface area contributed by atoms with Crippen LogP contribution in [0.1, 0.15) is 73.6 Å². The van der Waals surface area contributed by atoms with Crippen LogP contribution in [-0.2, 0) is 4.74 Å². The van der Waals surface area contributed by atoms with Crippen molar-refractivity contribution >= 4 is 16.6 Å². The van der Waals surface area contributed by atoms with E-state index >= 15 is 0 Å². The van der Waals surface area contributed by atoms with E-state index in [2.05, 4.69) is 65.9 Å². The Balaban J connectivity index is 1.34. The second-order valence-electron chi connectivity index (χ2n) is 10.7. The molecule has 184 valence electrons. The molecule has 35 heavy (non-hydrogen) atoms. The van der Waals surface area contributed by atoms with Gasteiger partial charge in [0.1, 0.15) is 12.0 Å². The molecular weight excluding hydrogens is 436 g/mol. The minimum absolute atomic E-state index is 0.373. The first-order chi connectivity index (χ1) is 17.0. The first kappa shape index (κ1) is 22.7. The molecule has 0 aliphatic carbocycles. The molecule has 7 nitrogen and oxygen atoms in total. The molecule has 0 atom stereocenters. The molecule has 2 fully saturated rings. The van der Waals surface area contributed by atoms with Gasteiger partial charge in [-0.1, -0.05) is 19.9 Å². The Labute approximate surface area is 206 Å². The number of likely N-dealkylation sites (tertiary alicyclic amines) is 1. The van der Waals surface area contributed by atoms with E-state index < -0.39 is 0 Å². The number of aryl methyl sites for hydroxylation is 1. The average molecular weight is 473 g/mol. The van der Waals surface area contributed by atoms with Crippen molar-refractivity contribution in [1.29, 1.82) is 0 Å². The minimum Gasteiger partial charge on any atom is -0.381 e. The number of hydrogen-bond acceptors (Lipinski definition) is 5. The maximum absolute atomic E-state index is 5.58. The lowest BCUT2D eigenvalue weighted by molar-refractivity contribution is 0.0252. The lowest BCUT2D eigenvalue weighted by atomic mass is 9.86. The van der Waals surface area contributed by atoms with Crippen LogP contribution in [0.5, 0.6) is 0 Å². The van der Waals surface area contributed by atoms with E-state index in [4.69, 9.17) is 9.84 Å². The third-order valence-electron chi connectivity index (χ3n) is 8.36. The smallest absolute Gasteiger partial charge is 0.179 e. The zero-order valence-corrected chi connectivity index (χ0v) is 21.3. The van der Waals surface area contributed by atoms with Gasteiger partial charge in [0.05, 0.1) is 5.69 Å². The summed E-state index contributed by atoms with van der Waals surface area (Å²) in [4.78, 5) is 10.8. The Bertz CT molecular complexity index is 1360. The Morgan fingerprint density at radius 1 is 1.03 bits per heavy atom. The highest BCUT2D eigenvalue weighted by molar-refractivity contribution is 5.92. The molecule has 6 rings (SSSR count). The van der Waals surface area contributed by atoms with E-state index in [1.165, 1.54) is 60.8 Å². The van der Waals surface area contributed by atoms with Crippen LogP contribution in [-0.4, -0.2) is 62.0 Å². The van der Waals surface area contributed by atoms with Crippen molar-refractivity contribution in [3.05, 3.63) is 46.8 Å². The quantitative estimate of drug-likeness (QED) is 0.432. The number of nitrogens with zero attached hydrogens (tertiary/aromatic N) is 5. The predicted octanol–water partition coefficient (Wildman–Crippen LogP) is 5.37. The largest absolute Gasteiger partial charge is 0.381 e. The molecular formula is C28H36N6O. The van der Waals surface area contributed by atoms with Crippen LogP contribution < -0.4 is 0 Å². The van der Waals surface area contributed by atoms with Gasteiger partial charge in [-0.2, -0.15) is 0 Å². The fourth-order valence-corrected chi connectivity index (χ4v) is 6.23. The maximum Gasteiger partial charge on any atom is 0.179 e. The monoisotopic (exact) mass is 472 g/mol. The Morgan fingerprint density at radius 2 is 1.80 bits per heavy atom. The standard InChI is InChI=1S/C28H36N6O/c1-17(2)25-23-15-21(20-7-11-33(12-8-20)22-9-13-35-14-10-22)5-6-24(23)31-27(25)26-18(3)19(4)28-29-16-30-34(28)32-26/h5-6,15-17,20,22,31H,7-14H2,1-4H3. The summed E-state index contributed by atoms with van der Waals surface area (Å²) in [7, 11) is 0. The zero-order valence-electron chi connectivity index (χ0n) is 21.3. The molecule has 0 bridgehead atoms. The lowest BCUT2D eigenvalue weighted by Crippen LogP contribution is -2.43. The van der Waals surface area contributed by atoms with Crippen LogP contribution in [0.3, 0.4) is 0 Å². The number of aromatic amines is 1. The van der Waals surface area contributed by atoms with E-state index in [9.17, 15) is 0 Å². The normalized spacial score (nSPS) is 18.9. The third-order valence-corrected chi connectivity index (χ3v) is 8.36. The van der Waals surface area contributed by atoms with E-state index in [0.717, 1.165) is 41.4 Å². The van der Waals surface area contributed by atoms with Crippen molar-refractivity contribution in [3.8, 4) is 11.4 Å². The highest BCUT2D eigenvalue weighted by atomic mass is 16.5. The molecule has 2 aliphatic heterocycles. The number of aromatic nitrogens is 5. The van der Waals surface area contributed by atoms with Gasteiger partial charge < -0.3 is 14.6 Å². The first-order valence-corrected chi connectivity index (χ1v) is 13.2. The van der Waals surface area contributed by atoms with Gasteiger partial charge in [0.15, 0.2) is 5.65 Å². The molecule has 0 saturated carbocycles. The molecule has 0 amide bonds. The number of rotatable bonds is 4. The van der Waals surface area contributed by atoms with Crippen molar-refractivity contribution in [2.75, 3.05) is 26.3 Å². The van der Waals surface area contributed by atoms with E-state index in [1.54, 1.807) is 11.0 Å². The fraction of sp³-hybridized carbons (Fsp3) is 0.536. The molecule has 1 N–H and O–H groups in total. The van der Waals surface area contributed by atoms with E-state index in [-0.39, 0.29) is 0 Å². The van der Waals surface area contributed by atoms with Gasteiger partial charge in [-0.05, 0) is 93.3 Å². The summed E-state index contributed by atoms with van der Waals surface area (Å²) in [6.07, 6.45) is 6.42. The minimum atomic E-state index is 0.373. The van der Waals surface area contributed by atoms with Crippen LogP contribution in [0.2, 0.25) is 0 Å². The SMILES string of the molecule is Cc1c(-c2[nH]c3ccc(C4CCN(C5CCOCC5)CC4)cc3c2C(C)C)nn2ncnc2c1C. The molecule has 2 saturated heterocycles. The summed E-state index contributed by atoms with van der Waals surface area (Å²) >= 11 is 0. The second-order valence-corrected chi connectivity index (χ2v) is 10.7. The molecule has 7 heteroatoms.